The predicted molar refractivity (Wildman–Crippen MR) is 76.3 cm³/mol. The van der Waals surface area contributed by atoms with Gasteiger partial charge in [-0.1, -0.05) is 6.92 Å². The first kappa shape index (κ1) is 13.1. The van der Waals surface area contributed by atoms with Crippen LogP contribution in [-0.2, 0) is 11.3 Å². The molecule has 106 valence electrons. The van der Waals surface area contributed by atoms with Crippen LogP contribution in [0.5, 0.6) is 0 Å². The first-order chi connectivity index (χ1) is 9.64. The number of hydrogen-bond acceptors (Lipinski definition) is 3. The molecule has 0 bridgehead atoms. The summed E-state index contributed by atoms with van der Waals surface area (Å²) in [6, 6.07) is 3.98. The predicted octanol–water partition coefficient (Wildman–Crippen LogP) is 2.25. The normalized spacial score (nSPS) is 23.4. The van der Waals surface area contributed by atoms with Gasteiger partial charge in [0.05, 0.1) is 5.41 Å². The van der Waals surface area contributed by atoms with E-state index in [2.05, 4.69) is 20.9 Å². The third kappa shape index (κ3) is 2.08. The van der Waals surface area contributed by atoms with Crippen LogP contribution in [0.4, 0.5) is 0 Å². The fourth-order valence-electron chi connectivity index (χ4n) is 3.09. The number of H-pyrrole nitrogens is 1. The molecular weight excluding hydrogens is 254 g/mol. The first-order valence-corrected chi connectivity index (χ1v) is 7.01. The number of rotatable bonds is 4. The Morgan fingerprint density at radius 1 is 1.60 bits per heavy atom. The molecule has 5 heteroatoms. The summed E-state index contributed by atoms with van der Waals surface area (Å²) in [6.45, 7) is 4.22. The summed E-state index contributed by atoms with van der Waals surface area (Å²) < 4.78 is 0. The summed E-state index contributed by atoms with van der Waals surface area (Å²) in [5.74, 6) is -0.664. The van der Waals surface area contributed by atoms with Gasteiger partial charge < -0.3 is 10.1 Å². The maximum absolute atomic E-state index is 11.5. The number of aromatic amines is 1. The third-order valence-electron chi connectivity index (χ3n) is 4.49. The minimum atomic E-state index is -0.664. The first-order valence-electron chi connectivity index (χ1n) is 7.01. The molecule has 1 saturated heterocycles. The van der Waals surface area contributed by atoms with Gasteiger partial charge in [0.1, 0.15) is 5.65 Å². The third-order valence-corrected chi connectivity index (χ3v) is 4.49. The zero-order valence-corrected chi connectivity index (χ0v) is 11.6. The van der Waals surface area contributed by atoms with Crippen LogP contribution in [0.15, 0.2) is 24.5 Å². The second-order valence-corrected chi connectivity index (χ2v) is 5.61. The molecule has 3 rings (SSSR count). The average Bonchev–Trinajstić information content (AvgIpc) is 3.05. The van der Waals surface area contributed by atoms with Gasteiger partial charge in [-0.2, -0.15) is 0 Å². The zero-order valence-electron chi connectivity index (χ0n) is 11.6. The minimum Gasteiger partial charge on any atom is -0.481 e. The molecule has 1 fully saturated rings. The van der Waals surface area contributed by atoms with Gasteiger partial charge >= 0.3 is 5.97 Å². The van der Waals surface area contributed by atoms with E-state index in [1.54, 1.807) is 6.20 Å². The summed E-state index contributed by atoms with van der Waals surface area (Å²) >= 11 is 0. The Morgan fingerprint density at radius 2 is 2.45 bits per heavy atom. The van der Waals surface area contributed by atoms with E-state index in [1.807, 2.05) is 19.2 Å². The second-order valence-electron chi connectivity index (χ2n) is 5.61. The van der Waals surface area contributed by atoms with E-state index >= 15 is 0 Å². The van der Waals surface area contributed by atoms with Crippen molar-refractivity contribution in [3.8, 4) is 0 Å². The van der Waals surface area contributed by atoms with Crippen LogP contribution >= 0.6 is 0 Å². The Balaban J connectivity index is 1.78. The number of carboxylic acids is 1. The molecular formula is C15H19N3O2. The van der Waals surface area contributed by atoms with E-state index in [9.17, 15) is 9.90 Å². The minimum absolute atomic E-state index is 0.565. The number of likely N-dealkylation sites (tertiary alicyclic amines) is 1. The van der Waals surface area contributed by atoms with Gasteiger partial charge in [-0.05, 0) is 37.1 Å². The molecule has 0 amide bonds. The van der Waals surface area contributed by atoms with Crippen LogP contribution in [0.3, 0.4) is 0 Å². The summed E-state index contributed by atoms with van der Waals surface area (Å²) in [4.78, 5) is 21.1. The van der Waals surface area contributed by atoms with Crippen molar-refractivity contribution in [2.45, 2.75) is 26.3 Å². The van der Waals surface area contributed by atoms with E-state index in [1.165, 1.54) is 5.56 Å². The number of nitrogens with one attached hydrogen (secondary N) is 1. The largest absolute Gasteiger partial charge is 0.481 e. The quantitative estimate of drug-likeness (QED) is 0.896. The molecule has 1 atom stereocenters. The maximum Gasteiger partial charge on any atom is 0.310 e. The van der Waals surface area contributed by atoms with Crippen molar-refractivity contribution in [3.63, 3.8) is 0 Å². The lowest BCUT2D eigenvalue weighted by Gasteiger charge is -2.23. The van der Waals surface area contributed by atoms with Crippen molar-refractivity contribution in [2.75, 3.05) is 13.1 Å². The van der Waals surface area contributed by atoms with Crippen LogP contribution in [0.25, 0.3) is 11.0 Å². The molecule has 1 aliphatic heterocycles. The molecule has 0 saturated carbocycles. The lowest BCUT2D eigenvalue weighted by molar-refractivity contribution is -0.148. The van der Waals surface area contributed by atoms with Gasteiger partial charge in [0, 0.05) is 30.9 Å². The molecule has 0 spiro atoms. The van der Waals surface area contributed by atoms with Crippen molar-refractivity contribution in [3.05, 3.63) is 30.1 Å². The fraction of sp³-hybridized carbons (Fsp3) is 0.467. The molecule has 2 aromatic rings. The summed E-state index contributed by atoms with van der Waals surface area (Å²) in [7, 11) is 0. The standard InChI is InChI=1S/C15H19N3O2/c1-2-15(14(19)20)5-7-18(10-15)9-11-8-17-13-12(11)4-3-6-16-13/h3-4,6,8H,2,5,7,9-10H2,1H3,(H,16,17)(H,19,20). The number of aromatic nitrogens is 2. The second kappa shape index (κ2) is 4.90. The molecule has 2 N–H and O–H groups in total. The molecule has 2 aromatic heterocycles. The van der Waals surface area contributed by atoms with Crippen LogP contribution in [0.1, 0.15) is 25.3 Å². The highest BCUT2D eigenvalue weighted by Crippen LogP contribution is 2.35. The van der Waals surface area contributed by atoms with Crippen LogP contribution in [0, 0.1) is 5.41 Å². The lowest BCUT2D eigenvalue weighted by Crippen LogP contribution is -2.33. The van der Waals surface area contributed by atoms with Crippen LogP contribution in [-0.4, -0.2) is 39.0 Å². The van der Waals surface area contributed by atoms with Gasteiger partial charge in [-0.3, -0.25) is 9.69 Å². The SMILES string of the molecule is CCC1(C(=O)O)CCN(Cc2c[nH]c3ncccc23)C1. The zero-order chi connectivity index (χ0) is 14.2. The number of hydrogen-bond donors (Lipinski definition) is 2. The molecule has 20 heavy (non-hydrogen) atoms. The number of aliphatic carboxylic acids is 1. The Bertz CT molecular complexity index is 637. The fourth-order valence-corrected chi connectivity index (χ4v) is 3.09. The number of fused-ring (bicyclic) bond motifs is 1. The average molecular weight is 273 g/mol. The van der Waals surface area contributed by atoms with E-state index < -0.39 is 11.4 Å². The maximum atomic E-state index is 11.5. The topological polar surface area (TPSA) is 69.2 Å². The Kier molecular flexibility index (Phi) is 3.22. The smallest absolute Gasteiger partial charge is 0.310 e. The number of carboxylic acid groups (broad SMARTS) is 1. The van der Waals surface area contributed by atoms with Crippen LogP contribution in [0.2, 0.25) is 0 Å². The van der Waals surface area contributed by atoms with Gasteiger partial charge in [0.2, 0.25) is 0 Å². The van der Waals surface area contributed by atoms with Crippen molar-refractivity contribution < 1.29 is 9.90 Å². The van der Waals surface area contributed by atoms with E-state index in [-0.39, 0.29) is 0 Å². The highest BCUT2D eigenvalue weighted by Gasteiger charge is 2.43. The van der Waals surface area contributed by atoms with E-state index in [0.717, 1.165) is 30.5 Å². The summed E-state index contributed by atoms with van der Waals surface area (Å²) in [6.07, 6.45) is 5.17. The number of pyridine rings is 1. The monoisotopic (exact) mass is 273 g/mol. The van der Waals surface area contributed by atoms with Crippen molar-refractivity contribution in [1.82, 2.24) is 14.9 Å². The molecule has 1 unspecified atom stereocenters. The van der Waals surface area contributed by atoms with E-state index in [4.69, 9.17) is 0 Å². The number of carbonyl (C=O) groups is 1. The molecule has 1 aliphatic rings. The Hall–Kier alpha value is -1.88. The highest BCUT2D eigenvalue weighted by molar-refractivity contribution is 5.79. The van der Waals surface area contributed by atoms with Gasteiger partial charge in [0.25, 0.3) is 0 Å². The Labute approximate surface area is 117 Å². The Morgan fingerprint density at radius 3 is 3.15 bits per heavy atom. The van der Waals surface area contributed by atoms with Crippen LogP contribution < -0.4 is 0 Å². The molecule has 0 radical (unpaired) electrons. The summed E-state index contributed by atoms with van der Waals surface area (Å²) in [5.41, 5.74) is 1.51. The lowest BCUT2D eigenvalue weighted by atomic mass is 9.84. The van der Waals surface area contributed by atoms with Crippen molar-refractivity contribution >= 4 is 17.0 Å². The van der Waals surface area contributed by atoms with Gasteiger partial charge in [0.15, 0.2) is 0 Å². The van der Waals surface area contributed by atoms with Gasteiger partial charge in [-0.15, -0.1) is 0 Å². The summed E-state index contributed by atoms with van der Waals surface area (Å²) in [5, 5.41) is 10.6. The molecule has 5 nitrogen and oxygen atoms in total. The number of nitrogens with zero attached hydrogens (tertiary/aromatic N) is 2. The van der Waals surface area contributed by atoms with Crippen molar-refractivity contribution in [2.24, 2.45) is 5.41 Å². The molecule has 0 aliphatic carbocycles. The van der Waals surface area contributed by atoms with Crippen molar-refractivity contribution in [1.29, 1.82) is 0 Å². The highest BCUT2D eigenvalue weighted by atomic mass is 16.4. The molecule has 3 heterocycles. The van der Waals surface area contributed by atoms with Gasteiger partial charge in [-0.25, -0.2) is 4.98 Å². The molecule has 0 aromatic carbocycles. The van der Waals surface area contributed by atoms with E-state index in [0.29, 0.717) is 13.0 Å².